The molecule has 0 bridgehead atoms. The van der Waals surface area contributed by atoms with E-state index >= 15 is 0 Å². The van der Waals surface area contributed by atoms with Gasteiger partial charge in [0.2, 0.25) is 5.91 Å². The lowest BCUT2D eigenvalue weighted by atomic mass is 9.79. The van der Waals surface area contributed by atoms with Gasteiger partial charge in [0.25, 0.3) is 5.91 Å². The Balaban J connectivity index is 1.61. The number of nitrogens with one attached hydrogen (secondary N) is 1. The molecule has 1 aromatic carbocycles. The van der Waals surface area contributed by atoms with Crippen LogP contribution in [0.1, 0.15) is 36.3 Å². The monoisotopic (exact) mass is 431 g/mol. The number of aromatic nitrogens is 3. The Morgan fingerprint density at radius 2 is 1.91 bits per heavy atom. The molecule has 1 aliphatic rings. The van der Waals surface area contributed by atoms with E-state index in [1.807, 2.05) is 32.0 Å². The van der Waals surface area contributed by atoms with E-state index in [1.54, 1.807) is 41.3 Å². The van der Waals surface area contributed by atoms with Crippen molar-refractivity contribution in [2.75, 3.05) is 13.1 Å². The van der Waals surface area contributed by atoms with Gasteiger partial charge in [-0.1, -0.05) is 24.3 Å². The summed E-state index contributed by atoms with van der Waals surface area (Å²) in [5, 5.41) is 7.34. The third kappa shape index (κ3) is 4.56. The molecular weight excluding hydrogens is 402 g/mol. The molecule has 0 aliphatic carbocycles. The fourth-order valence-electron chi connectivity index (χ4n) is 4.36. The van der Waals surface area contributed by atoms with Gasteiger partial charge < -0.3 is 10.2 Å². The molecular formula is C25H29N5O2. The van der Waals surface area contributed by atoms with Crippen LogP contribution in [-0.4, -0.2) is 50.6 Å². The predicted molar refractivity (Wildman–Crippen MR) is 123 cm³/mol. The number of amides is 2. The van der Waals surface area contributed by atoms with Crippen molar-refractivity contribution in [1.29, 1.82) is 0 Å². The van der Waals surface area contributed by atoms with Gasteiger partial charge in [0.15, 0.2) is 0 Å². The minimum Gasteiger partial charge on any atom is -0.353 e. The quantitative estimate of drug-likeness (QED) is 0.650. The van der Waals surface area contributed by atoms with Gasteiger partial charge in [-0.2, -0.15) is 5.10 Å². The van der Waals surface area contributed by atoms with Gasteiger partial charge in [-0.15, -0.1) is 0 Å². The summed E-state index contributed by atoms with van der Waals surface area (Å²) in [7, 11) is 1.79. The van der Waals surface area contributed by atoms with Crippen LogP contribution in [0.3, 0.4) is 0 Å². The minimum atomic E-state index is -0.675. The number of pyridine rings is 1. The van der Waals surface area contributed by atoms with E-state index in [4.69, 9.17) is 0 Å². The lowest BCUT2D eigenvalue weighted by Gasteiger charge is -2.29. The average Bonchev–Trinajstić information content (AvgIpc) is 3.41. The number of aryl methyl sites for hydroxylation is 1. The van der Waals surface area contributed by atoms with Gasteiger partial charge >= 0.3 is 0 Å². The van der Waals surface area contributed by atoms with Crippen LogP contribution in [0.2, 0.25) is 0 Å². The molecule has 1 saturated heterocycles. The summed E-state index contributed by atoms with van der Waals surface area (Å²) in [6.45, 7) is 4.83. The van der Waals surface area contributed by atoms with Crippen molar-refractivity contribution >= 4 is 11.8 Å². The van der Waals surface area contributed by atoms with Crippen molar-refractivity contribution in [3.05, 3.63) is 72.3 Å². The number of carbonyl (C=O) groups is 2. The Bertz CT molecular complexity index is 1110. The lowest BCUT2D eigenvalue weighted by Crippen LogP contribution is -2.47. The van der Waals surface area contributed by atoms with Gasteiger partial charge in [0.1, 0.15) is 5.69 Å². The molecule has 3 heterocycles. The maximum atomic E-state index is 13.4. The molecule has 4 rings (SSSR count). The maximum absolute atomic E-state index is 13.4. The minimum absolute atomic E-state index is 0.00173. The lowest BCUT2D eigenvalue weighted by molar-refractivity contribution is -0.130. The first-order valence-corrected chi connectivity index (χ1v) is 11.0. The zero-order valence-electron chi connectivity index (χ0n) is 18.8. The van der Waals surface area contributed by atoms with Crippen LogP contribution in [-0.2, 0) is 18.3 Å². The van der Waals surface area contributed by atoms with Crippen LogP contribution in [0, 0.1) is 5.41 Å². The molecule has 1 aliphatic heterocycles. The number of likely N-dealkylation sites (tertiary alicyclic amines) is 1. The molecule has 0 unspecified atom stereocenters. The van der Waals surface area contributed by atoms with E-state index in [1.165, 1.54) is 0 Å². The smallest absolute Gasteiger partial charge is 0.274 e. The van der Waals surface area contributed by atoms with Crippen molar-refractivity contribution in [3.63, 3.8) is 0 Å². The van der Waals surface area contributed by atoms with Gasteiger partial charge in [0.05, 0.1) is 5.41 Å². The molecule has 2 amide bonds. The first-order valence-electron chi connectivity index (χ1n) is 11.0. The molecule has 166 valence electrons. The first-order chi connectivity index (χ1) is 15.4. The molecule has 3 aromatic rings. The second-order valence-electron chi connectivity index (χ2n) is 8.87. The van der Waals surface area contributed by atoms with Crippen molar-refractivity contribution < 1.29 is 9.59 Å². The number of hydrogen-bond acceptors (Lipinski definition) is 4. The molecule has 2 aromatic heterocycles. The van der Waals surface area contributed by atoms with Crippen LogP contribution < -0.4 is 5.32 Å². The second-order valence-corrected chi connectivity index (χ2v) is 8.87. The Morgan fingerprint density at radius 3 is 2.59 bits per heavy atom. The standard InChI is InChI=1S/C25H29N5O2/c1-18(2)27-24(32)25(10-14-30(17-25)23(31)22-9-13-29(3)28-22)16-19-5-4-6-21(15-19)20-7-11-26-12-8-20/h4-9,11-13,15,18H,10,14,16-17H2,1-3H3,(H,27,32)/t25-/m0/s1. The van der Waals surface area contributed by atoms with Crippen LogP contribution in [0.15, 0.2) is 61.1 Å². The van der Waals surface area contributed by atoms with Gasteiger partial charge in [-0.3, -0.25) is 19.3 Å². The predicted octanol–water partition coefficient (Wildman–Crippen LogP) is 3.08. The highest BCUT2D eigenvalue weighted by Gasteiger charge is 2.46. The number of hydrogen-bond donors (Lipinski definition) is 1. The van der Waals surface area contributed by atoms with Crippen LogP contribution in [0.5, 0.6) is 0 Å². The zero-order valence-corrected chi connectivity index (χ0v) is 18.8. The van der Waals surface area contributed by atoms with Crippen molar-refractivity contribution in [2.24, 2.45) is 12.5 Å². The highest BCUT2D eigenvalue weighted by molar-refractivity contribution is 5.93. The molecule has 32 heavy (non-hydrogen) atoms. The molecule has 0 spiro atoms. The van der Waals surface area contributed by atoms with Gasteiger partial charge in [-0.25, -0.2) is 0 Å². The van der Waals surface area contributed by atoms with E-state index in [0.717, 1.165) is 16.7 Å². The number of rotatable bonds is 6. The summed E-state index contributed by atoms with van der Waals surface area (Å²) in [6, 6.07) is 14.0. The Morgan fingerprint density at radius 1 is 1.12 bits per heavy atom. The highest BCUT2D eigenvalue weighted by Crippen LogP contribution is 2.36. The van der Waals surface area contributed by atoms with Gasteiger partial charge in [0, 0.05) is 44.8 Å². The number of benzene rings is 1. The van der Waals surface area contributed by atoms with E-state index in [9.17, 15) is 9.59 Å². The van der Waals surface area contributed by atoms with Crippen molar-refractivity contribution in [1.82, 2.24) is 25.0 Å². The van der Waals surface area contributed by atoms with E-state index in [0.29, 0.717) is 31.6 Å². The summed E-state index contributed by atoms with van der Waals surface area (Å²) >= 11 is 0. The van der Waals surface area contributed by atoms with Gasteiger partial charge in [-0.05, 0) is 61.6 Å². The zero-order chi connectivity index (χ0) is 22.7. The Kier molecular flexibility index (Phi) is 6.08. The summed E-state index contributed by atoms with van der Waals surface area (Å²) in [4.78, 5) is 32.2. The fourth-order valence-corrected chi connectivity index (χ4v) is 4.36. The number of nitrogens with zero attached hydrogens (tertiary/aromatic N) is 4. The average molecular weight is 432 g/mol. The summed E-state index contributed by atoms with van der Waals surface area (Å²) in [5.74, 6) is -0.131. The summed E-state index contributed by atoms with van der Waals surface area (Å²) < 4.78 is 1.62. The SMILES string of the molecule is CC(C)NC(=O)[C@]1(Cc2cccc(-c3ccncc3)c2)CCN(C(=O)c2ccn(C)n2)C1. The first kappa shape index (κ1) is 21.7. The summed E-state index contributed by atoms with van der Waals surface area (Å²) in [5.41, 5.74) is 2.98. The summed E-state index contributed by atoms with van der Waals surface area (Å²) in [6.07, 6.45) is 6.49. The van der Waals surface area contributed by atoms with E-state index in [-0.39, 0.29) is 17.9 Å². The molecule has 1 N–H and O–H groups in total. The fraction of sp³-hybridized carbons (Fsp3) is 0.360. The molecule has 1 atom stereocenters. The molecule has 0 radical (unpaired) electrons. The van der Waals surface area contributed by atoms with Crippen LogP contribution >= 0.6 is 0 Å². The van der Waals surface area contributed by atoms with Crippen molar-refractivity contribution in [2.45, 2.75) is 32.7 Å². The molecule has 7 nitrogen and oxygen atoms in total. The molecule has 1 fully saturated rings. The Hall–Kier alpha value is -3.48. The normalized spacial score (nSPS) is 18.2. The molecule has 0 saturated carbocycles. The maximum Gasteiger partial charge on any atom is 0.274 e. The second kappa shape index (κ2) is 8.94. The Labute approximate surface area is 188 Å². The third-order valence-electron chi connectivity index (χ3n) is 5.96. The third-order valence-corrected chi connectivity index (χ3v) is 5.96. The number of carbonyl (C=O) groups excluding carboxylic acids is 2. The van der Waals surface area contributed by atoms with Crippen molar-refractivity contribution in [3.8, 4) is 11.1 Å². The highest BCUT2D eigenvalue weighted by atomic mass is 16.2. The topological polar surface area (TPSA) is 80.1 Å². The largest absolute Gasteiger partial charge is 0.353 e. The molecule has 7 heteroatoms. The van der Waals surface area contributed by atoms with Crippen LogP contribution in [0.25, 0.3) is 11.1 Å². The van der Waals surface area contributed by atoms with E-state index in [2.05, 4.69) is 33.6 Å². The van der Waals surface area contributed by atoms with Crippen LogP contribution in [0.4, 0.5) is 0 Å². The van der Waals surface area contributed by atoms with E-state index < -0.39 is 5.41 Å².